The molecule has 1 fully saturated rings. The lowest BCUT2D eigenvalue weighted by Crippen LogP contribution is -2.39. The zero-order chi connectivity index (χ0) is 13.2. The minimum Gasteiger partial charge on any atom is -0.381 e. The first kappa shape index (κ1) is 13.9. The second-order valence-electron chi connectivity index (χ2n) is 6.38. The van der Waals surface area contributed by atoms with Gasteiger partial charge < -0.3 is 5.32 Å². The van der Waals surface area contributed by atoms with Gasteiger partial charge in [-0.25, -0.2) is 4.98 Å². The van der Waals surface area contributed by atoms with E-state index in [4.69, 9.17) is 0 Å². The van der Waals surface area contributed by atoms with Crippen molar-refractivity contribution >= 4 is 21.6 Å². The van der Waals surface area contributed by atoms with Crippen LogP contribution in [0.3, 0.4) is 0 Å². The van der Waals surface area contributed by atoms with Crippen LogP contribution in [0.25, 0.3) is 0 Å². The van der Waals surface area contributed by atoms with E-state index in [-0.39, 0.29) is 0 Å². The van der Waals surface area contributed by atoms with Crippen molar-refractivity contribution in [3.8, 4) is 0 Å². The second-order valence-corrected chi connectivity index (χ2v) is 7.19. The number of halogens is 1. The van der Waals surface area contributed by atoms with Crippen LogP contribution in [0.2, 0.25) is 0 Å². The van der Waals surface area contributed by atoms with Crippen molar-refractivity contribution in [2.75, 3.05) is 5.32 Å². The third-order valence-electron chi connectivity index (χ3n) is 3.96. The molecule has 1 heterocycles. The van der Waals surface area contributed by atoms with Crippen LogP contribution in [0.4, 0.5) is 5.69 Å². The fourth-order valence-electron chi connectivity index (χ4n) is 3.02. The smallest absolute Gasteiger partial charge is 0.106 e. The second kappa shape index (κ2) is 5.60. The molecule has 2 unspecified atom stereocenters. The highest BCUT2D eigenvalue weighted by Crippen LogP contribution is 2.39. The molecule has 0 aliphatic heterocycles. The molecule has 0 amide bonds. The van der Waals surface area contributed by atoms with Gasteiger partial charge in [-0.05, 0) is 52.2 Å². The molecule has 2 rings (SSSR count). The average Bonchev–Trinajstić information content (AvgIpc) is 2.31. The van der Waals surface area contributed by atoms with Crippen molar-refractivity contribution in [2.24, 2.45) is 11.3 Å². The van der Waals surface area contributed by atoms with Crippen LogP contribution in [0, 0.1) is 11.3 Å². The van der Waals surface area contributed by atoms with Gasteiger partial charge in [0.15, 0.2) is 0 Å². The number of hydrogen-bond donors (Lipinski definition) is 1. The fraction of sp³-hybridized carbons (Fsp3) is 0.667. The van der Waals surface area contributed by atoms with Gasteiger partial charge >= 0.3 is 0 Å². The highest BCUT2D eigenvalue weighted by atomic mass is 79.9. The minimum atomic E-state index is 0.376. The molecule has 2 atom stereocenters. The molecule has 0 radical (unpaired) electrons. The van der Waals surface area contributed by atoms with Gasteiger partial charge in [0.2, 0.25) is 0 Å². The molecule has 1 aromatic rings. The molecule has 0 spiro atoms. The van der Waals surface area contributed by atoms with Crippen LogP contribution in [0.15, 0.2) is 22.9 Å². The van der Waals surface area contributed by atoms with Crippen LogP contribution in [0.5, 0.6) is 0 Å². The van der Waals surface area contributed by atoms with Crippen molar-refractivity contribution in [3.63, 3.8) is 0 Å². The van der Waals surface area contributed by atoms with Gasteiger partial charge in [0, 0.05) is 6.04 Å². The van der Waals surface area contributed by atoms with Crippen LogP contribution < -0.4 is 5.32 Å². The van der Waals surface area contributed by atoms with Crippen LogP contribution in [0.1, 0.15) is 46.5 Å². The number of nitrogens with one attached hydrogen (secondary N) is 1. The number of rotatable bonds is 2. The molecule has 2 nitrogen and oxygen atoms in total. The van der Waals surface area contributed by atoms with Gasteiger partial charge in [0.05, 0.1) is 11.9 Å². The van der Waals surface area contributed by atoms with Crippen molar-refractivity contribution in [1.82, 2.24) is 4.98 Å². The Labute approximate surface area is 119 Å². The van der Waals surface area contributed by atoms with Crippen LogP contribution in [-0.4, -0.2) is 11.0 Å². The van der Waals surface area contributed by atoms with E-state index in [2.05, 4.69) is 53.1 Å². The largest absolute Gasteiger partial charge is 0.381 e. The maximum absolute atomic E-state index is 4.29. The normalized spacial score (nSPS) is 24.9. The first-order chi connectivity index (χ1) is 8.47. The zero-order valence-electron chi connectivity index (χ0n) is 11.5. The van der Waals surface area contributed by atoms with Crippen molar-refractivity contribution in [2.45, 2.75) is 52.5 Å². The van der Waals surface area contributed by atoms with Crippen molar-refractivity contribution in [1.29, 1.82) is 0 Å². The Kier molecular flexibility index (Phi) is 4.31. The van der Waals surface area contributed by atoms with Gasteiger partial charge in [-0.2, -0.15) is 0 Å². The van der Waals surface area contributed by atoms with E-state index in [1.807, 2.05) is 12.3 Å². The standard InChI is InChI=1S/C15H23BrN2/c1-15(2,3)12-6-4-5-7-13(12)18-11-8-9-14(16)17-10-11/h8-10,12-13,18H,4-7H2,1-3H3. The molecule has 100 valence electrons. The number of anilines is 1. The Balaban J connectivity index is 2.08. The minimum absolute atomic E-state index is 0.376. The molecule has 1 N–H and O–H groups in total. The molecule has 1 aliphatic carbocycles. The summed E-state index contributed by atoms with van der Waals surface area (Å²) in [5.74, 6) is 0.745. The predicted molar refractivity (Wildman–Crippen MR) is 80.8 cm³/mol. The van der Waals surface area contributed by atoms with Gasteiger partial charge in [0.1, 0.15) is 4.60 Å². The molecule has 1 aromatic heterocycles. The topological polar surface area (TPSA) is 24.9 Å². The van der Waals surface area contributed by atoms with E-state index in [0.29, 0.717) is 11.5 Å². The van der Waals surface area contributed by atoms with Crippen molar-refractivity contribution < 1.29 is 0 Å². The third-order valence-corrected chi connectivity index (χ3v) is 4.43. The maximum Gasteiger partial charge on any atom is 0.106 e. The van der Waals surface area contributed by atoms with Gasteiger partial charge in [-0.3, -0.25) is 0 Å². The molecular formula is C15H23BrN2. The summed E-state index contributed by atoms with van der Waals surface area (Å²) in [4.78, 5) is 4.29. The highest BCUT2D eigenvalue weighted by molar-refractivity contribution is 9.10. The highest BCUT2D eigenvalue weighted by Gasteiger charge is 2.33. The lowest BCUT2D eigenvalue weighted by atomic mass is 9.69. The van der Waals surface area contributed by atoms with Crippen molar-refractivity contribution in [3.05, 3.63) is 22.9 Å². The zero-order valence-corrected chi connectivity index (χ0v) is 13.1. The van der Waals surface area contributed by atoms with E-state index < -0.39 is 0 Å². The molecular weight excluding hydrogens is 288 g/mol. The first-order valence-electron chi connectivity index (χ1n) is 6.85. The van der Waals surface area contributed by atoms with Gasteiger partial charge in [-0.15, -0.1) is 0 Å². The maximum atomic E-state index is 4.29. The average molecular weight is 311 g/mol. The molecule has 1 aliphatic rings. The Bertz CT molecular complexity index is 380. The molecule has 1 saturated carbocycles. The number of pyridine rings is 1. The van der Waals surface area contributed by atoms with E-state index in [1.165, 1.54) is 25.7 Å². The number of aromatic nitrogens is 1. The summed E-state index contributed by atoms with van der Waals surface area (Å²) in [7, 11) is 0. The molecule has 0 aromatic carbocycles. The van der Waals surface area contributed by atoms with Crippen LogP contribution >= 0.6 is 15.9 Å². The fourth-order valence-corrected chi connectivity index (χ4v) is 3.25. The summed E-state index contributed by atoms with van der Waals surface area (Å²) in [6, 6.07) is 4.68. The van der Waals surface area contributed by atoms with Crippen LogP contribution in [-0.2, 0) is 0 Å². The Morgan fingerprint density at radius 2 is 1.94 bits per heavy atom. The Morgan fingerprint density at radius 3 is 2.56 bits per heavy atom. The first-order valence-corrected chi connectivity index (χ1v) is 7.64. The summed E-state index contributed by atoms with van der Waals surface area (Å²) < 4.78 is 0.893. The predicted octanol–water partition coefficient (Wildman–Crippen LogP) is 4.86. The lowest BCUT2D eigenvalue weighted by Gasteiger charge is -2.41. The summed E-state index contributed by atoms with van der Waals surface area (Å²) in [6.45, 7) is 7.08. The third kappa shape index (κ3) is 3.47. The summed E-state index contributed by atoms with van der Waals surface area (Å²) in [5, 5.41) is 3.68. The van der Waals surface area contributed by atoms with Gasteiger partial charge in [-0.1, -0.05) is 33.6 Å². The molecule has 3 heteroatoms. The van der Waals surface area contributed by atoms with Gasteiger partial charge in [0.25, 0.3) is 0 Å². The van der Waals surface area contributed by atoms with E-state index in [9.17, 15) is 0 Å². The SMILES string of the molecule is CC(C)(C)C1CCCCC1Nc1ccc(Br)nc1. The number of hydrogen-bond acceptors (Lipinski definition) is 2. The monoisotopic (exact) mass is 310 g/mol. The summed E-state index contributed by atoms with van der Waals surface area (Å²) in [5.41, 5.74) is 1.51. The molecule has 18 heavy (non-hydrogen) atoms. The van der Waals surface area contributed by atoms with E-state index in [0.717, 1.165) is 16.2 Å². The quantitative estimate of drug-likeness (QED) is 0.789. The molecule has 0 bridgehead atoms. The lowest BCUT2D eigenvalue weighted by molar-refractivity contribution is 0.163. The summed E-state index contributed by atoms with van der Waals surface area (Å²) in [6.07, 6.45) is 7.24. The molecule has 0 saturated heterocycles. The summed E-state index contributed by atoms with van der Waals surface area (Å²) >= 11 is 3.38. The Hall–Kier alpha value is -0.570. The van der Waals surface area contributed by atoms with E-state index >= 15 is 0 Å². The Morgan fingerprint density at radius 1 is 1.22 bits per heavy atom. The van der Waals surface area contributed by atoms with E-state index in [1.54, 1.807) is 0 Å². The number of nitrogens with zero attached hydrogens (tertiary/aromatic N) is 1.